The molecular weight excluding hydrogens is 376 g/mol. The number of fused-ring (bicyclic) bond motifs is 3. The first-order chi connectivity index (χ1) is 12.1. The number of carbonyl (C=O) groups excluding carboxylic acids is 1. The third-order valence-corrected chi connectivity index (χ3v) is 4.71. The summed E-state index contributed by atoms with van der Waals surface area (Å²) >= 11 is 1.62. The van der Waals surface area contributed by atoms with Crippen molar-refractivity contribution >= 4 is 50.9 Å². The number of imidazole rings is 1. The number of thiazole rings is 1. The minimum atomic E-state index is -1.22. The molecule has 2 aromatic carbocycles. The van der Waals surface area contributed by atoms with Crippen LogP contribution in [0.5, 0.6) is 5.75 Å². The number of hydrogen-bond donors (Lipinski definition) is 1. The summed E-state index contributed by atoms with van der Waals surface area (Å²) in [5.74, 6) is -1.71. The first-order valence-electron chi connectivity index (χ1n) is 7.50. The Labute approximate surface area is 158 Å². The fourth-order valence-electron chi connectivity index (χ4n) is 2.57. The summed E-state index contributed by atoms with van der Waals surface area (Å²) < 4.78 is 8.20. The van der Waals surface area contributed by atoms with E-state index in [-0.39, 0.29) is 12.4 Å². The van der Waals surface area contributed by atoms with E-state index in [1.54, 1.807) is 35.6 Å². The van der Waals surface area contributed by atoms with Crippen LogP contribution in [0.3, 0.4) is 0 Å². The zero-order valence-corrected chi connectivity index (χ0v) is 14.9. The molecule has 132 valence electrons. The summed E-state index contributed by atoms with van der Waals surface area (Å²) in [6.07, 6.45) is 1.31. The molecule has 0 atom stereocenters. The van der Waals surface area contributed by atoms with E-state index < -0.39 is 18.4 Å². The Morgan fingerprint density at radius 1 is 1.12 bits per heavy atom. The molecule has 0 unspecified atom stereocenters. The number of rotatable bonds is 4. The molecule has 4 aromatic rings. The van der Waals surface area contributed by atoms with Gasteiger partial charge < -0.3 is 9.84 Å². The molecule has 2 heterocycles. The van der Waals surface area contributed by atoms with Gasteiger partial charge in [0.1, 0.15) is 12.2 Å². The molecule has 0 bridgehead atoms. The van der Waals surface area contributed by atoms with Crippen LogP contribution in [0, 0.1) is 0 Å². The molecule has 2 aromatic heterocycles. The lowest BCUT2D eigenvalue weighted by Gasteiger charge is -2.03. The van der Waals surface area contributed by atoms with Gasteiger partial charge in [-0.1, -0.05) is 23.5 Å². The number of aromatic nitrogens is 2. The monoisotopic (exact) mass is 388 g/mol. The number of carboxylic acid groups (broad SMARTS) is 1. The van der Waals surface area contributed by atoms with E-state index in [1.807, 2.05) is 18.3 Å². The van der Waals surface area contributed by atoms with E-state index in [9.17, 15) is 9.59 Å². The Morgan fingerprint density at radius 2 is 1.85 bits per heavy atom. The number of nitrogens with zero attached hydrogens (tertiary/aromatic N) is 2. The minimum Gasteiger partial charge on any atom is -0.481 e. The molecule has 0 saturated carbocycles. The maximum atomic E-state index is 11.4. The fourth-order valence-corrected chi connectivity index (χ4v) is 3.58. The Bertz CT molecular complexity index is 1100. The standard InChI is InChI=1S/C18H12N2O4S.ClH/c21-16(22)9-17(23)24-12-7-5-11(6-8-12)13-10-20-14-3-1-2-4-15(14)25-18(20)19-13;/h1-8,10H,9H2,(H,21,22);1H. The third kappa shape index (κ3) is 3.40. The van der Waals surface area contributed by atoms with E-state index in [2.05, 4.69) is 21.5 Å². The van der Waals surface area contributed by atoms with Crippen molar-refractivity contribution in [2.45, 2.75) is 6.42 Å². The molecule has 0 aliphatic carbocycles. The molecule has 26 heavy (non-hydrogen) atoms. The van der Waals surface area contributed by atoms with Crippen LogP contribution in [0.15, 0.2) is 54.7 Å². The summed E-state index contributed by atoms with van der Waals surface area (Å²) in [6.45, 7) is 0. The number of benzene rings is 2. The molecule has 0 spiro atoms. The van der Waals surface area contributed by atoms with Crippen LogP contribution in [0.25, 0.3) is 26.4 Å². The highest BCUT2D eigenvalue weighted by molar-refractivity contribution is 7.23. The van der Waals surface area contributed by atoms with Crippen molar-refractivity contribution in [2.24, 2.45) is 0 Å². The van der Waals surface area contributed by atoms with Gasteiger partial charge >= 0.3 is 11.9 Å². The van der Waals surface area contributed by atoms with Gasteiger partial charge in [0.2, 0.25) is 0 Å². The van der Waals surface area contributed by atoms with Gasteiger partial charge in [0, 0.05) is 11.8 Å². The predicted molar refractivity (Wildman–Crippen MR) is 101 cm³/mol. The number of esters is 1. The van der Waals surface area contributed by atoms with Crippen molar-refractivity contribution in [3.63, 3.8) is 0 Å². The summed E-state index contributed by atoms with van der Waals surface area (Å²) in [5.41, 5.74) is 2.82. The summed E-state index contributed by atoms with van der Waals surface area (Å²) in [5, 5.41) is 8.57. The molecule has 1 N–H and O–H groups in total. The first-order valence-corrected chi connectivity index (χ1v) is 8.31. The number of carboxylic acids is 1. The maximum Gasteiger partial charge on any atom is 0.322 e. The third-order valence-electron chi connectivity index (χ3n) is 3.68. The Balaban J connectivity index is 0.00000196. The Kier molecular flexibility index (Phi) is 4.92. The molecule has 0 fully saturated rings. The van der Waals surface area contributed by atoms with Crippen LogP contribution in [-0.2, 0) is 9.59 Å². The highest BCUT2D eigenvalue weighted by atomic mass is 35.5. The zero-order chi connectivity index (χ0) is 17.4. The van der Waals surface area contributed by atoms with Gasteiger partial charge in [-0.3, -0.25) is 14.0 Å². The van der Waals surface area contributed by atoms with E-state index in [0.29, 0.717) is 5.75 Å². The lowest BCUT2D eigenvalue weighted by atomic mass is 10.1. The molecule has 0 radical (unpaired) electrons. The van der Waals surface area contributed by atoms with Crippen LogP contribution in [0.2, 0.25) is 0 Å². The van der Waals surface area contributed by atoms with Crippen molar-refractivity contribution in [2.75, 3.05) is 0 Å². The number of ether oxygens (including phenoxy) is 1. The normalized spacial score (nSPS) is 10.6. The SMILES string of the molecule is Cl.O=C(O)CC(=O)Oc1ccc(-c2cn3c(n2)sc2ccccc23)cc1. The fraction of sp³-hybridized carbons (Fsp3) is 0.0556. The van der Waals surface area contributed by atoms with Gasteiger partial charge in [-0.05, 0) is 36.4 Å². The van der Waals surface area contributed by atoms with Crippen molar-refractivity contribution < 1.29 is 19.4 Å². The number of para-hydroxylation sites is 1. The first kappa shape index (κ1) is 17.9. The molecule has 0 amide bonds. The lowest BCUT2D eigenvalue weighted by molar-refractivity contribution is -0.145. The second kappa shape index (κ2) is 7.15. The second-order valence-corrected chi connectivity index (χ2v) is 6.43. The van der Waals surface area contributed by atoms with Gasteiger partial charge in [-0.15, -0.1) is 12.4 Å². The number of carbonyl (C=O) groups is 2. The topological polar surface area (TPSA) is 80.9 Å². The van der Waals surface area contributed by atoms with Gasteiger partial charge in [0.15, 0.2) is 4.96 Å². The van der Waals surface area contributed by atoms with Crippen LogP contribution in [0.1, 0.15) is 6.42 Å². The zero-order valence-electron chi connectivity index (χ0n) is 13.3. The van der Waals surface area contributed by atoms with Gasteiger partial charge in [0.25, 0.3) is 0 Å². The predicted octanol–water partition coefficient (Wildman–Crippen LogP) is 4.02. The molecule has 0 saturated heterocycles. The highest BCUT2D eigenvalue weighted by Crippen LogP contribution is 2.29. The van der Waals surface area contributed by atoms with E-state index in [1.165, 1.54) is 4.70 Å². The van der Waals surface area contributed by atoms with Crippen molar-refractivity contribution in [3.05, 3.63) is 54.7 Å². The van der Waals surface area contributed by atoms with Crippen molar-refractivity contribution in [1.82, 2.24) is 9.38 Å². The summed E-state index contributed by atoms with van der Waals surface area (Å²) in [6, 6.07) is 14.9. The largest absolute Gasteiger partial charge is 0.481 e. The van der Waals surface area contributed by atoms with Gasteiger partial charge in [-0.2, -0.15) is 0 Å². The van der Waals surface area contributed by atoms with Crippen LogP contribution in [-0.4, -0.2) is 26.4 Å². The highest BCUT2D eigenvalue weighted by Gasteiger charge is 2.12. The van der Waals surface area contributed by atoms with Crippen molar-refractivity contribution in [3.8, 4) is 17.0 Å². The lowest BCUT2D eigenvalue weighted by Crippen LogP contribution is -2.13. The molecule has 0 aliphatic heterocycles. The smallest absolute Gasteiger partial charge is 0.322 e. The quantitative estimate of drug-likeness (QED) is 0.324. The second-order valence-electron chi connectivity index (χ2n) is 5.42. The molecule has 0 aliphatic rings. The van der Waals surface area contributed by atoms with E-state index in [4.69, 9.17) is 9.84 Å². The minimum absolute atomic E-state index is 0. The maximum absolute atomic E-state index is 11.4. The molecule has 4 rings (SSSR count). The number of hydrogen-bond acceptors (Lipinski definition) is 5. The van der Waals surface area contributed by atoms with Crippen LogP contribution in [0.4, 0.5) is 0 Å². The molecule has 6 nitrogen and oxygen atoms in total. The van der Waals surface area contributed by atoms with Crippen LogP contribution < -0.4 is 4.74 Å². The average Bonchev–Trinajstić information content (AvgIpc) is 3.12. The molecular formula is C18H13ClN2O4S. The Hall–Kier alpha value is -2.90. The average molecular weight is 389 g/mol. The number of halogens is 1. The number of aliphatic carboxylic acids is 1. The van der Waals surface area contributed by atoms with E-state index >= 15 is 0 Å². The van der Waals surface area contributed by atoms with Crippen molar-refractivity contribution in [1.29, 1.82) is 0 Å². The van der Waals surface area contributed by atoms with E-state index in [0.717, 1.165) is 21.7 Å². The summed E-state index contributed by atoms with van der Waals surface area (Å²) in [4.78, 5) is 27.4. The van der Waals surface area contributed by atoms with Crippen LogP contribution >= 0.6 is 23.7 Å². The Morgan fingerprint density at radius 3 is 2.58 bits per heavy atom. The summed E-state index contributed by atoms with van der Waals surface area (Å²) in [7, 11) is 0. The van der Waals surface area contributed by atoms with Gasteiger partial charge in [0.05, 0.1) is 15.9 Å². The molecule has 8 heteroatoms. The van der Waals surface area contributed by atoms with Gasteiger partial charge in [-0.25, -0.2) is 4.98 Å².